The first-order valence-electron chi connectivity index (χ1n) is 10.2. The highest BCUT2D eigenvalue weighted by Crippen LogP contribution is 2.27. The molecule has 28 heavy (non-hydrogen) atoms. The zero-order valence-corrected chi connectivity index (χ0v) is 16.6. The number of anilines is 2. The van der Waals surface area contributed by atoms with Crippen LogP contribution in [0, 0.1) is 0 Å². The van der Waals surface area contributed by atoms with Crippen molar-refractivity contribution in [1.29, 1.82) is 0 Å². The van der Waals surface area contributed by atoms with Gasteiger partial charge in [-0.1, -0.05) is 42.5 Å². The van der Waals surface area contributed by atoms with Gasteiger partial charge in [-0.25, -0.2) is 0 Å². The van der Waals surface area contributed by atoms with E-state index >= 15 is 0 Å². The molecule has 3 aromatic rings. The first-order chi connectivity index (χ1) is 13.7. The lowest BCUT2D eigenvalue weighted by molar-refractivity contribution is 0.256. The molecule has 4 rings (SSSR count). The Bertz CT molecular complexity index is 913. The van der Waals surface area contributed by atoms with Gasteiger partial charge in [-0.2, -0.15) is 0 Å². The van der Waals surface area contributed by atoms with Crippen LogP contribution >= 0.6 is 0 Å². The molecule has 4 nitrogen and oxygen atoms in total. The molecule has 0 aliphatic carbocycles. The van der Waals surface area contributed by atoms with Crippen molar-refractivity contribution in [1.82, 2.24) is 4.90 Å². The molecule has 0 saturated carbocycles. The number of phenols is 1. The molecule has 0 amide bonds. The number of hydrogen-bond acceptors (Lipinski definition) is 4. The monoisotopic (exact) mass is 375 g/mol. The molecule has 0 spiro atoms. The maximum absolute atomic E-state index is 9.64. The SMILES string of the molecule is CN(CCCN1CCN(c2cccc3ccccc23)CC1)c1cccc(O)c1. The van der Waals surface area contributed by atoms with Crippen molar-refractivity contribution >= 4 is 22.1 Å². The number of fused-ring (bicyclic) bond motifs is 1. The van der Waals surface area contributed by atoms with E-state index in [0.29, 0.717) is 5.75 Å². The lowest BCUT2D eigenvalue weighted by Crippen LogP contribution is -2.47. The average Bonchev–Trinajstić information content (AvgIpc) is 2.74. The topological polar surface area (TPSA) is 30.0 Å². The minimum atomic E-state index is 0.328. The third-order valence-corrected chi connectivity index (χ3v) is 5.72. The zero-order valence-electron chi connectivity index (χ0n) is 16.6. The first-order valence-corrected chi connectivity index (χ1v) is 10.2. The number of phenolic OH excluding ortho intramolecular Hbond substituents is 1. The molecule has 0 atom stereocenters. The Morgan fingerprint density at radius 2 is 1.64 bits per heavy atom. The fraction of sp³-hybridized carbons (Fsp3) is 0.333. The molecule has 1 saturated heterocycles. The van der Waals surface area contributed by atoms with E-state index in [0.717, 1.165) is 51.4 Å². The van der Waals surface area contributed by atoms with Crippen LogP contribution in [0.3, 0.4) is 0 Å². The van der Waals surface area contributed by atoms with Crippen LogP contribution in [0.5, 0.6) is 5.75 Å². The molecule has 3 aromatic carbocycles. The van der Waals surface area contributed by atoms with E-state index in [1.165, 1.54) is 16.5 Å². The predicted octanol–water partition coefficient (Wildman–Crippen LogP) is 4.19. The molecule has 146 valence electrons. The van der Waals surface area contributed by atoms with Gasteiger partial charge in [-0.05, 0) is 36.6 Å². The van der Waals surface area contributed by atoms with Gasteiger partial charge in [0.05, 0.1) is 0 Å². The highest BCUT2D eigenvalue weighted by Gasteiger charge is 2.18. The summed E-state index contributed by atoms with van der Waals surface area (Å²) in [7, 11) is 2.09. The molecular weight excluding hydrogens is 346 g/mol. The van der Waals surface area contributed by atoms with Crippen LogP contribution in [-0.2, 0) is 0 Å². The lowest BCUT2D eigenvalue weighted by atomic mass is 10.1. The van der Waals surface area contributed by atoms with Crippen LogP contribution in [0.2, 0.25) is 0 Å². The number of rotatable bonds is 6. The maximum atomic E-state index is 9.64. The summed E-state index contributed by atoms with van der Waals surface area (Å²) in [5.41, 5.74) is 2.43. The van der Waals surface area contributed by atoms with Gasteiger partial charge in [0.25, 0.3) is 0 Å². The van der Waals surface area contributed by atoms with E-state index in [4.69, 9.17) is 0 Å². The Kier molecular flexibility index (Phi) is 5.68. The lowest BCUT2D eigenvalue weighted by Gasteiger charge is -2.37. The van der Waals surface area contributed by atoms with Gasteiger partial charge < -0.3 is 14.9 Å². The Balaban J connectivity index is 1.27. The van der Waals surface area contributed by atoms with Crippen molar-refractivity contribution < 1.29 is 5.11 Å². The first kappa shape index (κ1) is 18.6. The van der Waals surface area contributed by atoms with Gasteiger partial charge >= 0.3 is 0 Å². The molecule has 0 unspecified atom stereocenters. The predicted molar refractivity (Wildman–Crippen MR) is 119 cm³/mol. The fourth-order valence-electron chi connectivity index (χ4n) is 4.09. The summed E-state index contributed by atoms with van der Waals surface area (Å²) in [4.78, 5) is 7.31. The van der Waals surface area contributed by atoms with Gasteiger partial charge in [0.15, 0.2) is 0 Å². The van der Waals surface area contributed by atoms with Crippen LogP contribution in [0.15, 0.2) is 66.7 Å². The second-order valence-electron chi connectivity index (χ2n) is 7.62. The summed E-state index contributed by atoms with van der Waals surface area (Å²) in [5, 5.41) is 12.3. The zero-order chi connectivity index (χ0) is 19.3. The largest absolute Gasteiger partial charge is 0.508 e. The van der Waals surface area contributed by atoms with Crippen molar-refractivity contribution in [3.63, 3.8) is 0 Å². The Morgan fingerprint density at radius 3 is 2.46 bits per heavy atom. The number of hydrogen-bond donors (Lipinski definition) is 1. The normalized spacial score (nSPS) is 15.1. The number of aromatic hydroxyl groups is 1. The quantitative estimate of drug-likeness (QED) is 0.700. The van der Waals surface area contributed by atoms with Crippen molar-refractivity contribution in [3.05, 3.63) is 66.7 Å². The minimum absolute atomic E-state index is 0.328. The summed E-state index contributed by atoms with van der Waals surface area (Å²) in [6.07, 6.45) is 1.13. The number of nitrogens with zero attached hydrogens (tertiary/aromatic N) is 3. The molecule has 4 heteroatoms. The van der Waals surface area contributed by atoms with Gasteiger partial charge in [0, 0.05) is 62.6 Å². The van der Waals surface area contributed by atoms with E-state index in [1.807, 2.05) is 18.2 Å². The van der Waals surface area contributed by atoms with Crippen LogP contribution in [0.25, 0.3) is 10.8 Å². The van der Waals surface area contributed by atoms with Crippen LogP contribution < -0.4 is 9.80 Å². The van der Waals surface area contributed by atoms with Crippen molar-refractivity contribution in [3.8, 4) is 5.75 Å². The molecule has 1 fully saturated rings. The number of benzene rings is 3. The summed E-state index contributed by atoms with van der Waals surface area (Å²) in [6.45, 7) is 6.49. The van der Waals surface area contributed by atoms with Gasteiger partial charge in [-0.15, -0.1) is 0 Å². The fourth-order valence-corrected chi connectivity index (χ4v) is 4.09. The third-order valence-electron chi connectivity index (χ3n) is 5.72. The Hall–Kier alpha value is -2.72. The van der Waals surface area contributed by atoms with Crippen LogP contribution in [0.4, 0.5) is 11.4 Å². The molecule has 0 bridgehead atoms. The van der Waals surface area contributed by atoms with E-state index < -0.39 is 0 Å². The van der Waals surface area contributed by atoms with E-state index in [9.17, 15) is 5.11 Å². The van der Waals surface area contributed by atoms with Crippen molar-refractivity contribution in [2.24, 2.45) is 0 Å². The molecule has 1 heterocycles. The molecule has 1 N–H and O–H groups in total. The molecule has 1 aliphatic heterocycles. The smallest absolute Gasteiger partial charge is 0.117 e. The molecule has 0 radical (unpaired) electrons. The summed E-state index contributed by atoms with van der Waals surface area (Å²) in [6, 6.07) is 22.8. The van der Waals surface area contributed by atoms with Gasteiger partial charge in [-0.3, -0.25) is 4.90 Å². The molecular formula is C24H29N3O. The maximum Gasteiger partial charge on any atom is 0.117 e. The number of piperazine rings is 1. The molecule has 0 aromatic heterocycles. The van der Waals surface area contributed by atoms with Crippen LogP contribution in [-0.4, -0.2) is 56.3 Å². The summed E-state index contributed by atoms with van der Waals surface area (Å²) < 4.78 is 0. The highest BCUT2D eigenvalue weighted by molar-refractivity contribution is 5.94. The highest BCUT2D eigenvalue weighted by atomic mass is 16.3. The van der Waals surface area contributed by atoms with Gasteiger partial charge in [0.1, 0.15) is 5.75 Å². The standard InChI is InChI=1S/C24H29N3O/c1-25(21-9-5-10-22(28)19-21)13-6-14-26-15-17-27(18-16-26)24-12-4-8-20-7-2-3-11-23(20)24/h2-5,7-12,19,28H,6,13-18H2,1H3. The average molecular weight is 376 g/mol. The van der Waals surface area contributed by atoms with E-state index in [1.54, 1.807) is 6.07 Å². The second kappa shape index (κ2) is 8.53. The van der Waals surface area contributed by atoms with Crippen molar-refractivity contribution in [2.45, 2.75) is 6.42 Å². The summed E-state index contributed by atoms with van der Waals surface area (Å²) >= 11 is 0. The Morgan fingerprint density at radius 1 is 0.893 bits per heavy atom. The van der Waals surface area contributed by atoms with Gasteiger partial charge in [0.2, 0.25) is 0 Å². The van der Waals surface area contributed by atoms with Crippen LogP contribution in [0.1, 0.15) is 6.42 Å². The summed E-state index contributed by atoms with van der Waals surface area (Å²) in [5.74, 6) is 0.328. The van der Waals surface area contributed by atoms with E-state index in [-0.39, 0.29) is 0 Å². The second-order valence-corrected chi connectivity index (χ2v) is 7.62. The van der Waals surface area contributed by atoms with E-state index in [2.05, 4.69) is 64.2 Å². The minimum Gasteiger partial charge on any atom is -0.508 e. The van der Waals surface area contributed by atoms with Crippen molar-refractivity contribution in [2.75, 3.05) is 56.1 Å². The molecule has 1 aliphatic rings. The third kappa shape index (κ3) is 4.23. The Labute approximate surface area is 167 Å².